The van der Waals surface area contributed by atoms with Gasteiger partial charge in [0.1, 0.15) is 0 Å². The van der Waals surface area contributed by atoms with E-state index in [9.17, 15) is 8.42 Å². The van der Waals surface area contributed by atoms with Crippen LogP contribution in [0.3, 0.4) is 0 Å². The lowest BCUT2D eigenvalue weighted by Gasteiger charge is -2.10. The highest BCUT2D eigenvalue weighted by molar-refractivity contribution is 7.92. The number of sulfonamides is 1. The van der Waals surface area contributed by atoms with Crippen LogP contribution in [0.4, 0.5) is 5.69 Å². The van der Waals surface area contributed by atoms with Crippen LogP contribution in [0.15, 0.2) is 114 Å². The lowest BCUT2D eigenvalue weighted by atomic mass is 10.1. The molecule has 4 aromatic rings. The monoisotopic (exact) mass is 385 g/mol. The molecule has 0 aliphatic carbocycles. The van der Waals surface area contributed by atoms with Crippen LogP contribution < -0.4 is 4.72 Å². The van der Waals surface area contributed by atoms with Crippen LogP contribution in [0.5, 0.6) is 0 Å². The summed E-state index contributed by atoms with van der Waals surface area (Å²) in [7, 11) is -3.66. The van der Waals surface area contributed by atoms with Gasteiger partial charge < -0.3 is 0 Å². The van der Waals surface area contributed by atoms with Crippen molar-refractivity contribution in [1.29, 1.82) is 0 Å². The quantitative estimate of drug-likeness (QED) is 0.470. The Balaban J connectivity index is 1.58. The maximum Gasteiger partial charge on any atom is 0.261 e. The number of rotatable bonds is 5. The molecular formula is C24H19NO2S. The molecule has 0 spiro atoms. The minimum absolute atomic E-state index is 0.234. The normalized spacial score (nSPS) is 11.1. The molecule has 0 unspecified atom stereocenters. The lowest BCUT2D eigenvalue weighted by molar-refractivity contribution is 0.601. The maximum absolute atomic E-state index is 12.8. The molecule has 28 heavy (non-hydrogen) atoms. The van der Waals surface area contributed by atoms with Gasteiger partial charge >= 0.3 is 0 Å². The van der Waals surface area contributed by atoms with Crippen LogP contribution in [-0.4, -0.2) is 8.42 Å². The van der Waals surface area contributed by atoms with Crippen molar-refractivity contribution in [2.24, 2.45) is 0 Å². The van der Waals surface area contributed by atoms with E-state index in [0.717, 1.165) is 22.3 Å². The Labute approximate surface area is 165 Å². The summed E-state index contributed by atoms with van der Waals surface area (Å²) < 4.78 is 28.2. The third-order valence-electron chi connectivity index (χ3n) is 4.49. The molecule has 138 valence electrons. The molecule has 4 aromatic carbocycles. The Morgan fingerprint density at radius 2 is 1.00 bits per heavy atom. The zero-order chi connectivity index (χ0) is 19.4. The second-order valence-electron chi connectivity index (χ2n) is 6.44. The standard InChI is InChI=1S/C24H19NO2S/c26-28(27,24-16-14-21(15-17-24)19-8-3-1-4-9-19)25-23-13-7-12-22(18-23)20-10-5-2-6-11-20/h1-18,25H. The van der Waals surface area contributed by atoms with Crippen molar-refractivity contribution in [3.8, 4) is 22.3 Å². The smallest absolute Gasteiger partial charge is 0.261 e. The maximum atomic E-state index is 12.8. The summed E-state index contributed by atoms with van der Waals surface area (Å²) >= 11 is 0. The van der Waals surface area contributed by atoms with E-state index in [1.54, 1.807) is 18.2 Å². The summed E-state index contributed by atoms with van der Waals surface area (Å²) in [6.45, 7) is 0. The average Bonchev–Trinajstić information content (AvgIpc) is 2.75. The minimum Gasteiger partial charge on any atom is -0.280 e. The summed E-state index contributed by atoms with van der Waals surface area (Å²) in [4.78, 5) is 0.234. The molecule has 0 saturated heterocycles. The highest BCUT2D eigenvalue weighted by atomic mass is 32.2. The third-order valence-corrected chi connectivity index (χ3v) is 5.89. The second-order valence-corrected chi connectivity index (χ2v) is 8.13. The van der Waals surface area contributed by atoms with Crippen LogP contribution in [0.25, 0.3) is 22.3 Å². The molecule has 0 saturated carbocycles. The number of anilines is 1. The van der Waals surface area contributed by atoms with Gasteiger partial charge in [-0.2, -0.15) is 0 Å². The van der Waals surface area contributed by atoms with Crippen molar-refractivity contribution in [3.05, 3.63) is 109 Å². The van der Waals surface area contributed by atoms with Crippen molar-refractivity contribution in [2.45, 2.75) is 4.90 Å². The summed E-state index contributed by atoms with van der Waals surface area (Å²) in [6.07, 6.45) is 0. The molecule has 0 aliphatic heterocycles. The molecule has 4 rings (SSSR count). The van der Waals surface area contributed by atoms with Crippen LogP contribution in [0.1, 0.15) is 0 Å². The summed E-state index contributed by atoms with van der Waals surface area (Å²) in [5.74, 6) is 0. The van der Waals surface area contributed by atoms with Crippen molar-refractivity contribution >= 4 is 15.7 Å². The van der Waals surface area contributed by atoms with Gasteiger partial charge in [-0.1, -0.05) is 84.9 Å². The van der Waals surface area contributed by atoms with E-state index < -0.39 is 10.0 Å². The first-order valence-electron chi connectivity index (χ1n) is 8.96. The summed E-state index contributed by atoms with van der Waals surface area (Å²) in [5.41, 5.74) is 4.56. The second kappa shape index (κ2) is 7.71. The largest absolute Gasteiger partial charge is 0.280 e. The predicted octanol–water partition coefficient (Wildman–Crippen LogP) is 5.82. The molecule has 0 fully saturated rings. The zero-order valence-electron chi connectivity index (χ0n) is 15.1. The molecule has 0 radical (unpaired) electrons. The topological polar surface area (TPSA) is 46.2 Å². The molecular weight excluding hydrogens is 366 g/mol. The van der Waals surface area contributed by atoms with E-state index in [4.69, 9.17) is 0 Å². The molecule has 4 heteroatoms. The highest BCUT2D eigenvalue weighted by Gasteiger charge is 2.14. The van der Waals surface area contributed by atoms with Crippen molar-refractivity contribution < 1.29 is 8.42 Å². The van der Waals surface area contributed by atoms with E-state index in [0.29, 0.717) is 5.69 Å². The van der Waals surface area contributed by atoms with E-state index in [2.05, 4.69) is 4.72 Å². The number of benzene rings is 4. The number of hydrogen-bond acceptors (Lipinski definition) is 2. The molecule has 0 heterocycles. The predicted molar refractivity (Wildman–Crippen MR) is 115 cm³/mol. The molecule has 1 N–H and O–H groups in total. The fraction of sp³-hybridized carbons (Fsp3) is 0. The van der Waals surface area contributed by atoms with Gasteiger partial charge in [0.05, 0.1) is 4.90 Å². The van der Waals surface area contributed by atoms with E-state index in [-0.39, 0.29) is 4.90 Å². The first-order chi connectivity index (χ1) is 13.6. The zero-order valence-corrected chi connectivity index (χ0v) is 15.9. The van der Waals surface area contributed by atoms with E-state index in [1.165, 1.54) is 0 Å². The van der Waals surface area contributed by atoms with Crippen molar-refractivity contribution in [3.63, 3.8) is 0 Å². The van der Waals surface area contributed by atoms with Gasteiger partial charge in [-0.05, 0) is 46.5 Å². The molecule has 0 atom stereocenters. The lowest BCUT2D eigenvalue weighted by Crippen LogP contribution is -2.12. The van der Waals surface area contributed by atoms with Crippen LogP contribution >= 0.6 is 0 Å². The van der Waals surface area contributed by atoms with Gasteiger partial charge in [0.25, 0.3) is 10.0 Å². The third kappa shape index (κ3) is 3.97. The average molecular weight is 385 g/mol. The molecule has 0 amide bonds. The van der Waals surface area contributed by atoms with Crippen LogP contribution in [0, 0.1) is 0 Å². The fourth-order valence-electron chi connectivity index (χ4n) is 3.06. The number of hydrogen-bond donors (Lipinski definition) is 1. The van der Waals surface area contributed by atoms with Crippen molar-refractivity contribution in [1.82, 2.24) is 0 Å². The first kappa shape index (κ1) is 18.0. The molecule has 0 bridgehead atoms. The van der Waals surface area contributed by atoms with E-state index in [1.807, 2.05) is 91.0 Å². The van der Waals surface area contributed by atoms with E-state index >= 15 is 0 Å². The Bertz CT molecular complexity index is 1170. The van der Waals surface area contributed by atoms with Gasteiger partial charge in [0.15, 0.2) is 0 Å². The summed E-state index contributed by atoms with van der Waals surface area (Å²) in [6, 6.07) is 34.0. The van der Waals surface area contributed by atoms with Crippen LogP contribution in [0.2, 0.25) is 0 Å². The van der Waals surface area contributed by atoms with Gasteiger partial charge in [0, 0.05) is 5.69 Å². The Hall–Kier alpha value is -3.37. The van der Waals surface area contributed by atoms with Crippen molar-refractivity contribution in [2.75, 3.05) is 4.72 Å². The highest BCUT2D eigenvalue weighted by Crippen LogP contribution is 2.25. The molecule has 0 aliphatic rings. The van der Waals surface area contributed by atoms with Gasteiger partial charge in [-0.3, -0.25) is 4.72 Å². The summed E-state index contributed by atoms with van der Waals surface area (Å²) in [5, 5.41) is 0. The Morgan fingerprint density at radius 3 is 1.61 bits per heavy atom. The molecule has 0 aromatic heterocycles. The minimum atomic E-state index is -3.66. The Kier molecular flexibility index (Phi) is 4.96. The Morgan fingerprint density at radius 1 is 0.500 bits per heavy atom. The van der Waals surface area contributed by atoms with Gasteiger partial charge in [0.2, 0.25) is 0 Å². The SMILES string of the molecule is O=S(=O)(Nc1cccc(-c2ccccc2)c1)c1ccc(-c2ccccc2)cc1. The van der Waals surface area contributed by atoms with Crippen LogP contribution in [-0.2, 0) is 10.0 Å². The fourth-order valence-corrected chi connectivity index (χ4v) is 4.11. The number of nitrogens with one attached hydrogen (secondary N) is 1. The van der Waals surface area contributed by atoms with Gasteiger partial charge in [-0.15, -0.1) is 0 Å². The first-order valence-corrected chi connectivity index (χ1v) is 10.4. The van der Waals surface area contributed by atoms with Gasteiger partial charge in [-0.25, -0.2) is 8.42 Å². The molecule has 3 nitrogen and oxygen atoms in total.